The van der Waals surface area contributed by atoms with Crippen molar-refractivity contribution in [1.29, 1.82) is 0 Å². The average molecular weight is 507 g/mol. The monoisotopic (exact) mass is 506 g/mol. The quantitative estimate of drug-likeness (QED) is 0.301. The second-order valence-corrected chi connectivity index (χ2v) is 9.17. The van der Waals surface area contributed by atoms with Crippen molar-refractivity contribution in [1.82, 2.24) is 4.90 Å². The van der Waals surface area contributed by atoms with Crippen LogP contribution in [0.2, 0.25) is 0 Å². The molecule has 2 aromatic rings. The van der Waals surface area contributed by atoms with Gasteiger partial charge in [0.2, 0.25) is 0 Å². The van der Waals surface area contributed by atoms with E-state index in [1.54, 1.807) is 24.1 Å². The Morgan fingerprint density at radius 1 is 1.19 bits per heavy atom. The van der Waals surface area contributed by atoms with Gasteiger partial charge in [-0.2, -0.15) is 0 Å². The first-order chi connectivity index (χ1) is 17.2. The molecule has 9 heteroatoms. The summed E-state index contributed by atoms with van der Waals surface area (Å²) in [5.74, 6) is -1.87. The summed E-state index contributed by atoms with van der Waals surface area (Å²) < 4.78 is 10.7. The molecule has 0 spiro atoms. The van der Waals surface area contributed by atoms with Crippen LogP contribution in [0.4, 0.5) is 0 Å². The largest absolute Gasteiger partial charge is 0.507 e. The number of Topliss-reactive ketones (excluding diaryl/α,β-unsaturated/α-hetero) is 2. The minimum absolute atomic E-state index is 0.0160. The molecular weight excluding hydrogens is 480 g/mol. The van der Waals surface area contributed by atoms with E-state index in [2.05, 4.69) is 0 Å². The third kappa shape index (κ3) is 5.46. The number of carbonyl (C=O) groups excluding carboxylic acids is 3. The van der Waals surface area contributed by atoms with Crippen LogP contribution in [0.3, 0.4) is 0 Å². The number of phenolic OH excluding ortho intramolecular Hbond substituents is 1. The highest BCUT2D eigenvalue weighted by atomic mass is 32.1. The van der Waals surface area contributed by atoms with Crippen molar-refractivity contribution in [3.05, 3.63) is 83.1 Å². The molecule has 186 valence electrons. The summed E-state index contributed by atoms with van der Waals surface area (Å²) in [6.45, 7) is 1.73. The molecule has 0 amide bonds. The number of fused-ring (bicyclic) bond motifs is 1. The fourth-order valence-corrected chi connectivity index (χ4v) is 4.41. The number of thiocarbonyl (C=S) groups is 1. The number of hydrogen-bond acceptors (Lipinski definition) is 8. The lowest BCUT2D eigenvalue weighted by atomic mass is 9.83. The Morgan fingerprint density at radius 3 is 2.67 bits per heavy atom. The van der Waals surface area contributed by atoms with Crippen molar-refractivity contribution in [3.63, 3.8) is 0 Å². The minimum Gasteiger partial charge on any atom is -0.507 e. The molecule has 4 rings (SSSR count). The Kier molecular flexibility index (Phi) is 7.49. The van der Waals surface area contributed by atoms with Gasteiger partial charge in [-0.25, -0.2) is 4.79 Å². The number of esters is 1. The number of aromatic hydroxyl groups is 1. The molecule has 0 saturated carbocycles. The van der Waals surface area contributed by atoms with E-state index in [9.17, 15) is 19.5 Å². The third-order valence-corrected chi connectivity index (χ3v) is 6.46. The van der Waals surface area contributed by atoms with Gasteiger partial charge in [-0.1, -0.05) is 54.7 Å². The van der Waals surface area contributed by atoms with Gasteiger partial charge in [0.05, 0.1) is 28.9 Å². The third-order valence-electron chi connectivity index (χ3n) is 6.21. The highest BCUT2D eigenvalue weighted by molar-refractivity contribution is 7.80. The predicted octanol–water partition coefficient (Wildman–Crippen LogP) is 2.86. The van der Waals surface area contributed by atoms with Gasteiger partial charge in [0.15, 0.2) is 18.2 Å². The van der Waals surface area contributed by atoms with E-state index in [0.29, 0.717) is 12.1 Å². The minimum atomic E-state index is -0.590. The number of rotatable bonds is 9. The Morgan fingerprint density at radius 2 is 1.94 bits per heavy atom. The average Bonchev–Trinajstić information content (AvgIpc) is 3.27. The van der Waals surface area contributed by atoms with Crippen LogP contribution < -0.4 is 10.5 Å². The summed E-state index contributed by atoms with van der Waals surface area (Å²) in [6, 6.07) is 12.3. The number of ether oxygens (including phenoxy) is 2. The number of benzene rings is 2. The number of nitrogens with zero attached hydrogens (tertiary/aromatic N) is 1. The summed E-state index contributed by atoms with van der Waals surface area (Å²) >= 11 is 4.97. The van der Waals surface area contributed by atoms with Gasteiger partial charge in [-0.05, 0) is 30.2 Å². The number of phenols is 1. The number of nitrogens with two attached hydrogens (primary N) is 1. The second kappa shape index (κ2) is 10.7. The van der Waals surface area contributed by atoms with Crippen LogP contribution >= 0.6 is 12.2 Å². The fraction of sp³-hybridized carbons (Fsp3) is 0.259. The van der Waals surface area contributed by atoms with E-state index >= 15 is 0 Å². The lowest BCUT2D eigenvalue weighted by molar-refractivity contribution is -0.147. The lowest BCUT2D eigenvalue weighted by Gasteiger charge is -2.22. The van der Waals surface area contributed by atoms with E-state index in [1.165, 1.54) is 12.1 Å². The summed E-state index contributed by atoms with van der Waals surface area (Å²) in [6.07, 6.45) is 5.28. The fourth-order valence-electron chi connectivity index (χ4n) is 4.22. The molecule has 0 bridgehead atoms. The normalized spacial score (nSPS) is 18.4. The van der Waals surface area contributed by atoms with Gasteiger partial charge in [-0.15, -0.1) is 0 Å². The number of carbonyl (C=O) groups is 3. The van der Waals surface area contributed by atoms with Crippen LogP contribution in [0, 0.1) is 18.8 Å². The van der Waals surface area contributed by atoms with E-state index in [4.69, 9.17) is 27.4 Å². The lowest BCUT2D eigenvalue weighted by Crippen LogP contribution is -2.37. The zero-order valence-corrected chi connectivity index (χ0v) is 20.5. The van der Waals surface area contributed by atoms with Crippen LogP contribution in [0.1, 0.15) is 21.5 Å². The van der Waals surface area contributed by atoms with Crippen molar-refractivity contribution in [2.45, 2.75) is 13.5 Å². The molecule has 2 atom stereocenters. The first-order valence-corrected chi connectivity index (χ1v) is 11.8. The van der Waals surface area contributed by atoms with E-state index in [-0.39, 0.29) is 59.3 Å². The molecule has 0 fully saturated rings. The van der Waals surface area contributed by atoms with Crippen molar-refractivity contribution in [3.8, 4) is 11.5 Å². The molecule has 2 aromatic carbocycles. The van der Waals surface area contributed by atoms with Crippen molar-refractivity contribution < 1.29 is 29.0 Å². The molecule has 2 aliphatic rings. The molecule has 3 N–H and O–H groups in total. The zero-order valence-electron chi connectivity index (χ0n) is 19.7. The maximum atomic E-state index is 12.9. The molecule has 1 aliphatic heterocycles. The van der Waals surface area contributed by atoms with Gasteiger partial charge >= 0.3 is 5.97 Å². The predicted molar refractivity (Wildman–Crippen MR) is 136 cm³/mol. The molecule has 1 heterocycles. The van der Waals surface area contributed by atoms with Crippen LogP contribution in [-0.4, -0.2) is 52.2 Å². The van der Waals surface area contributed by atoms with Crippen LogP contribution in [0.5, 0.6) is 11.5 Å². The van der Waals surface area contributed by atoms with E-state index < -0.39 is 11.9 Å². The molecule has 0 aromatic heterocycles. The maximum absolute atomic E-state index is 12.9. The molecule has 8 nitrogen and oxygen atoms in total. The molecule has 0 saturated heterocycles. The second-order valence-electron chi connectivity index (χ2n) is 8.70. The topological polar surface area (TPSA) is 119 Å². The number of ketones is 2. The summed E-state index contributed by atoms with van der Waals surface area (Å²) in [4.78, 5) is 39.5. The van der Waals surface area contributed by atoms with Crippen molar-refractivity contribution >= 4 is 34.7 Å². The summed E-state index contributed by atoms with van der Waals surface area (Å²) in [5.41, 5.74) is 7.79. The number of hydrogen-bond donors (Lipinski definition) is 2. The van der Waals surface area contributed by atoms with Gasteiger partial charge in [0.1, 0.15) is 18.1 Å². The Labute approximate surface area is 214 Å². The highest BCUT2D eigenvalue weighted by Crippen LogP contribution is 2.33. The first-order valence-electron chi connectivity index (χ1n) is 11.4. The van der Waals surface area contributed by atoms with E-state index in [0.717, 1.165) is 11.1 Å². The highest BCUT2D eigenvalue weighted by Gasteiger charge is 2.37. The zero-order chi connectivity index (χ0) is 25.8. The molecule has 2 unspecified atom stereocenters. The standard InChI is InChI=1S/C27H26N2O6S/c1-16-23(34-15-24(31)35-14-17-5-3-2-4-6-17)10-9-19(25(16)32)22(30)13-29-11-18-7-8-20(27(28)36)26(33)21(18)12-29/h2-11,20-21,32H,12-15H2,1H3,(H2,28,36). The van der Waals surface area contributed by atoms with Gasteiger partial charge in [0, 0.05) is 18.3 Å². The van der Waals surface area contributed by atoms with Crippen molar-refractivity contribution in [2.24, 2.45) is 17.6 Å². The molecule has 1 aliphatic carbocycles. The van der Waals surface area contributed by atoms with E-state index in [1.807, 2.05) is 36.4 Å². The van der Waals surface area contributed by atoms with Crippen LogP contribution in [0.15, 0.2) is 66.4 Å². The number of allylic oxidation sites excluding steroid dienone is 1. The molecular formula is C27H26N2O6S. The smallest absolute Gasteiger partial charge is 0.344 e. The van der Waals surface area contributed by atoms with Gasteiger partial charge < -0.3 is 25.2 Å². The van der Waals surface area contributed by atoms with Gasteiger partial charge in [-0.3, -0.25) is 9.59 Å². The van der Waals surface area contributed by atoms with Crippen LogP contribution in [0.25, 0.3) is 0 Å². The first kappa shape index (κ1) is 25.1. The maximum Gasteiger partial charge on any atom is 0.344 e. The van der Waals surface area contributed by atoms with Crippen LogP contribution in [-0.2, 0) is 20.9 Å². The summed E-state index contributed by atoms with van der Waals surface area (Å²) in [5, 5.41) is 10.6. The molecule has 0 radical (unpaired) electrons. The van der Waals surface area contributed by atoms with Crippen molar-refractivity contribution in [2.75, 3.05) is 19.7 Å². The molecule has 36 heavy (non-hydrogen) atoms. The Hall–Kier alpha value is -3.98. The Balaban J connectivity index is 1.34. The SMILES string of the molecule is Cc1c(OCC(=O)OCc2ccccc2)ccc(C(=O)CN2C=C3C=CC(C(N)=S)C(=O)C3C2)c1O. The van der Waals surface area contributed by atoms with Gasteiger partial charge in [0.25, 0.3) is 0 Å². The summed E-state index contributed by atoms with van der Waals surface area (Å²) in [7, 11) is 0. The Bertz CT molecular complexity index is 1270.